The summed E-state index contributed by atoms with van der Waals surface area (Å²) in [6.07, 6.45) is 2.39. The predicted molar refractivity (Wildman–Crippen MR) is 287 cm³/mol. The molecule has 0 aliphatic carbocycles. The number of ketones is 1. The Hall–Kier alpha value is -7.64. The van der Waals surface area contributed by atoms with Gasteiger partial charge in [0.25, 0.3) is 5.88 Å². The molecular formula is C58H61ClFN9O8. The molecule has 77 heavy (non-hydrogen) atoms. The van der Waals surface area contributed by atoms with Crippen LogP contribution >= 0.6 is 11.6 Å². The normalized spacial score (nSPS) is 19.0. The molecule has 3 aliphatic rings. The molecule has 0 bridgehead atoms. The van der Waals surface area contributed by atoms with Gasteiger partial charge in [0.1, 0.15) is 29.6 Å². The number of aliphatic hydroxyl groups excluding tert-OH is 1. The number of benzene rings is 4. The van der Waals surface area contributed by atoms with E-state index in [1.807, 2.05) is 62.1 Å². The Morgan fingerprint density at radius 2 is 1.73 bits per heavy atom. The minimum Gasteiger partial charge on any atom is -0.508 e. The van der Waals surface area contributed by atoms with E-state index < -0.39 is 29.9 Å². The number of rotatable bonds is 18. The number of aromatic nitrogens is 3. The molecule has 3 saturated heterocycles. The molecule has 6 aromatic rings. The summed E-state index contributed by atoms with van der Waals surface area (Å²) in [7, 11) is 0. The van der Waals surface area contributed by atoms with Crippen LogP contribution in [0.5, 0.6) is 17.6 Å². The lowest BCUT2D eigenvalue weighted by Gasteiger charge is -2.41. The van der Waals surface area contributed by atoms with Crippen molar-refractivity contribution in [1.29, 1.82) is 10.5 Å². The predicted octanol–water partition coefficient (Wildman–Crippen LogP) is 8.56. The maximum Gasteiger partial charge on any atom is 0.319 e. The minimum atomic E-state index is -0.841. The van der Waals surface area contributed by atoms with E-state index in [9.17, 15) is 35.1 Å². The average Bonchev–Trinajstić information content (AvgIpc) is 4.07. The minimum absolute atomic E-state index is 0.0338. The van der Waals surface area contributed by atoms with Crippen molar-refractivity contribution in [2.24, 2.45) is 11.8 Å². The van der Waals surface area contributed by atoms with Crippen LogP contribution in [0.3, 0.4) is 0 Å². The number of hydrogen-bond acceptors (Lipinski definition) is 15. The van der Waals surface area contributed by atoms with Gasteiger partial charge in [0.05, 0.1) is 53.9 Å². The molecule has 19 heteroatoms. The second kappa shape index (κ2) is 23.7. The lowest BCUT2D eigenvalue weighted by atomic mass is 9.89. The number of piperidine rings is 1. The van der Waals surface area contributed by atoms with Crippen molar-refractivity contribution in [3.8, 4) is 40.9 Å². The second-order valence-corrected chi connectivity index (χ2v) is 21.0. The number of aromatic hydroxyl groups is 1. The first-order valence-corrected chi connectivity index (χ1v) is 26.4. The maximum absolute atomic E-state index is 17.2. The van der Waals surface area contributed by atoms with Gasteiger partial charge in [-0.15, -0.1) is 0 Å². The molecule has 400 valence electrons. The fraction of sp³-hybridized carbons (Fsp3) is 0.414. The Kier molecular flexibility index (Phi) is 16.7. The largest absolute Gasteiger partial charge is 0.508 e. The van der Waals surface area contributed by atoms with E-state index in [2.05, 4.69) is 33.8 Å². The quantitative estimate of drug-likeness (QED) is 0.0770. The first kappa shape index (κ1) is 54.2. The van der Waals surface area contributed by atoms with Crippen molar-refractivity contribution in [2.45, 2.75) is 82.9 Å². The zero-order valence-corrected chi connectivity index (χ0v) is 44.0. The van der Waals surface area contributed by atoms with Gasteiger partial charge in [-0.2, -0.15) is 20.5 Å². The number of anilines is 1. The van der Waals surface area contributed by atoms with Crippen LogP contribution < -0.4 is 14.4 Å². The Balaban J connectivity index is 0.834. The number of β-amino-alcohol motifs (C(OH)–C–C–N with tert-alkyl or cyclic N) is 1. The first-order valence-electron chi connectivity index (χ1n) is 26.1. The van der Waals surface area contributed by atoms with Crippen molar-refractivity contribution in [3.05, 3.63) is 113 Å². The number of ether oxygens (including phenoxy) is 2. The van der Waals surface area contributed by atoms with Gasteiger partial charge < -0.3 is 38.9 Å². The van der Waals surface area contributed by atoms with E-state index in [4.69, 9.17) is 30.6 Å². The van der Waals surface area contributed by atoms with Gasteiger partial charge in [0.2, 0.25) is 11.8 Å². The number of phenolic OH excluding ortho intramolecular Hbond substituents is 1. The molecule has 3 aliphatic heterocycles. The van der Waals surface area contributed by atoms with Crippen LogP contribution in [0, 0.1) is 40.3 Å². The summed E-state index contributed by atoms with van der Waals surface area (Å²) in [4.78, 5) is 57.4. The lowest BCUT2D eigenvalue weighted by Crippen LogP contribution is -2.55. The standard InChI is InChI=1S/C58H61ClFN9O8/c1-5-51(73)68-21-20-67(31-40(68)14-17-61)56-45-28-46(59)53(44-26-41(70)25-39-8-6-7-9-43(39)44)54(60)55(45)63-58(64-56)75-23-22-66-18-15-37(16-19-66)33-76-50-29-49(77-65-50)52(34(2)3)57(74)69-32-42(71)27-47(69)48(72)24-35(4)38-12-10-36(30-62)11-13-38/h5-13,25-26,28-29,34-35,37,40,42,47,52,70-71H,1,14-16,18-24,27,31-33H2,2-4H3/t35-,40+,42-,47+,52-/m1/s1. The molecule has 17 nitrogen and oxygen atoms in total. The van der Waals surface area contributed by atoms with Gasteiger partial charge >= 0.3 is 6.01 Å². The summed E-state index contributed by atoms with van der Waals surface area (Å²) in [5, 5.41) is 46.2. The number of piperazine rings is 1. The number of fused-ring (bicyclic) bond motifs is 2. The van der Waals surface area contributed by atoms with E-state index in [1.165, 1.54) is 17.0 Å². The monoisotopic (exact) mass is 1070 g/mol. The molecule has 5 heterocycles. The fourth-order valence-electron chi connectivity index (χ4n) is 11.0. The Morgan fingerprint density at radius 3 is 2.45 bits per heavy atom. The number of likely N-dealkylation sites (tertiary alicyclic amines) is 2. The SMILES string of the molecule is C=CC(=O)N1CCN(c2nc(OCCN3CCC(COc4cc([C@H](C(=O)N5C[C@H](O)C[C@H]5C(=O)C[C@@H](C)c5ccc(C#N)cc5)C(C)C)on4)CC3)nc3c(F)c(-c4cc(O)cc5ccccc45)c(Cl)cc23)C[C@@H]1CC#N. The van der Waals surface area contributed by atoms with Crippen molar-refractivity contribution in [2.75, 3.05) is 63.9 Å². The summed E-state index contributed by atoms with van der Waals surface area (Å²) >= 11 is 6.95. The zero-order valence-electron chi connectivity index (χ0n) is 43.3. The molecule has 0 spiro atoms. The zero-order chi connectivity index (χ0) is 54.5. The van der Waals surface area contributed by atoms with Gasteiger partial charge in [0, 0.05) is 62.6 Å². The topological polar surface area (TPSA) is 222 Å². The second-order valence-electron chi connectivity index (χ2n) is 20.6. The molecule has 3 fully saturated rings. The molecule has 2 aromatic heterocycles. The van der Waals surface area contributed by atoms with Crippen LogP contribution in [0.4, 0.5) is 10.2 Å². The molecule has 0 radical (unpaired) electrons. The number of nitriles is 2. The summed E-state index contributed by atoms with van der Waals surface area (Å²) in [6, 6.07) is 23.7. The molecule has 4 aromatic carbocycles. The van der Waals surface area contributed by atoms with Gasteiger partial charge in [0.15, 0.2) is 17.4 Å². The van der Waals surface area contributed by atoms with E-state index in [0.29, 0.717) is 58.6 Å². The highest BCUT2D eigenvalue weighted by Crippen LogP contribution is 2.43. The van der Waals surface area contributed by atoms with Crippen molar-refractivity contribution in [3.63, 3.8) is 0 Å². The number of carbonyl (C=O) groups excluding carboxylic acids is 3. The van der Waals surface area contributed by atoms with Crippen LogP contribution in [-0.2, 0) is 14.4 Å². The Morgan fingerprint density at radius 1 is 0.961 bits per heavy atom. The van der Waals surface area contributed by atoms with Gasteiger partial charge in [-0.25, -0.2) is 4.39 Å². The number of nitrogens with zero attached hydrogens (tertiary/aromatic N) is 9. The highest BCUT2D eigenvalue weighted by atomic mass is 35.5. The fourth-order valence-corrected chi connectivity index (χ4v) is 11.3. The summed E-state index contributed by atoms with van der Waals surface area (Å²) in [6.45, 7) is 12.8. The summed E-state index contributed by atoms with van der Waals surface area (Å²) < 4.78 is 35.3. The molecule has 0 unspecified atom stereocenters. The molecule has 2 N–H and O–H groups in total. The number of carbonyl (C=O) groups is 3. The van der Waals surface area contributed by atoms with Crippen LogP contribution in [0.15, 0.2) is 90.0 Å². The maximum atomic E-state index is 17.2. The van der Waals surface area contributed by atoms with E-state index in [1.54, 1.807) is 35.2 Å². The van der Waals surface area contributed by atoms with Gasteiger partial charge in [-0.1, -0.05) is 75.3 Å². The number of halogens is 2. The summed E-state index contributed by atoms with van der Waals surface area (Å²) in [5.41, 5.74) is 1.84. The molecule has 0 saturated carbocycles. The van der Waals surface area contributed by atoms with Crippen LogP contribution in [0.25, 0.3) is 32.8 Å². The van der Waals surface area contributed by atoms with E-state index in [0.717, 1.165) is 31.5 Å². The average molecular weight is 1070 g/mol. The highest BCUT2D eigenvalue weighted by molar-refractivity contribution is 6.35. The Bertz CT molecular complexity index is 3260. The molecule has 2 amide bonds. The van der Waals surface area contributed by atoms with Crippen LogP contribution in [-0.4, -0.2) is 135 Å². The van der Waals surface area contributed by atoms with Crippen molar-refractivity contribution in [1.82, 2.24) is 29.8 Å². The number of hydrogen-bond donors (Lipinski definition) is 2. The first-order chi connectivity index (χ1) is 37.1. The van der Waals surface area contributed by atoms with E-state index >= 15 is 4.39 Å². The molecule has 9 rings (SSSR count). The third kappa shape index (κ3) is 11.9. The third-order valence-electron chi connectivity index (χ3n) is 15.1. The van der Waals surface area contributed by atoms with Crippen LogP contribution in [0.1, 0.15) is 81.6 Å². The van der Waals surface area contributed by atoms with Crippen molar-refractivity contribution < 1.29 is 43.0 Å². The van der Waals surface area contributed by atoms with Gasteiger partial charge in [-0.05, 0) is 107 Å². The van der Waals surface area contributed by atoms with Gasteiger partial charge in [-0.3, -0.25) is 19.3 Å². The highest BCUT2D eigenvalue weighted by Gasteiger charge is 2.43. The molecular weight excluding hydrogens is 1010 g/mol. The number of phenols is 1. The number of aliphatic hydroxyl groups is 1. The van der Waals surface area contributed by atoms with Crippen molar-refractivity contribution >= 4 is 56.7 Å². The summed E-state index contributed by atoms with van der Waals surface area (Å²) in [5.74, 6) is -1.56. The lowest BCUT2D eigenvalue weighted by molar-refractivity contribution is -0.140. The smallest absolute Gasteiger partial charge is 0.319 e. The van der Waals surface area contributed by atoms with E-state index in [-0.39, 0.29) is 115 Å². The number of amides is 2. The molecule has 5 atom stereocenters. The third-order valence-corrected chi connectivity index (χ3v) is 15.4. The Labute approximate surface area is 451 Å². The van der Waals surface area contributed by atoms with Crippen LogP contribution in [0.2, 0.25) is 5.02 Å². The number of Topliss-reactive ketones (excluding diaryl/α,β-unsaturated/α-hetero) is 1.